The van der Waals surface area contributed by atoms with E-state index in [4.69, 9.17) is 0 Å². The molecule has 6 heteroatoms. The minimum atomic E-state index is -0.977. The molecule has 0 atom stereocenters. The van der Waals surface area contributed by atoms with Crippen molar-refractivity contribution < 1.29 is 9.90 Å². The number of rotatable bonds is 4. The van der Waals surface area contributed by atoms with Gasteiger partial charge in [0.15, 0.2) is 0 Å². The molecule has 4 nitrogen and oxygen atoms in total. The Labute approximate surface area is 170 Å². The van der Waals surface area contributed by atoms with Gasteiger partial charge in [-0.1, -0.05) is 36.4 Å². The second-order valence-electron chi connectivity index (χ2n) is 6.92. The number of carbonyl (C=O) groups is 1. The van der Waals surface area contributed by atoms with Gasteiger partial charge in [0.2, 0.25) is 0 Å². The van der Waals surface area contributed by atoms with Crippen molar-refractivity contribution in [2.45, 2.75) is 23.5 Å². The predicted molar refractivity (Wildman–Crippen MR) is 115 cm³/mol. The normalized spacial score (nSPS) is 11.6. The number of fused-ring (bicyclic) bond motifs is 2. The van der Waals surface area contributed by atoms with Gasteiger partial charge in [-0.25, -0.2) is 0 Å². The van der Waals surface area contributed by atoms with Gasteiger partial charge in [0.25, 0.3) is 0 Å². The second kappa shape index (κ2) is 6.93. The Balaban J connectivity index is 2.05. The molecule has 138 valence electrons. The molecule has 0 aliphatic heterocycles. The average molecular weight is 405 g/mol. The number of nitriles is 1. The van der Waals surface area contributed by atoms with Gasteiger partial charge in [0.05, 0.1) is 16.3 Å². The van der Waals surface area contributed by atoms with Gasteiger partial charge in [-0.05, 0) is 48.5 Å². The van der Waals surface area contributed by atoms with Crippen LogP contribution >= 0.6 is 23.3 Å². The molecule has 0 unspecified atom stereocenters. The van der Waals surface area contributed by atoms with E-state index in [1.165, 1.54) is 23.3 Å². The van der Waals surface area contributed by atoms with E-state index in [1.807, 2.05) is 54.7 Å². The lowest BCUT2D eigenvalue weighted by Crippen LogP contribution is -2.27. The van der Waals surface area contributed by atoms with Gasteiger partial charge in [-0.2, -0.15) is 9.64 Å². The van der Waals surface area contributed by atoms with Crippen molar-refractivity contribution in [2.24, 2.45) is 0 Å². The molecule has 1 N–H and O–H groups in total. The Bertz CT molecular complexity index is 1270. The topological polar surface area (TPSA) is 74.0 Å². The Kier molecular flexibility index (Phi) is 4.58. The van der Waals surface area contributed by atoms with Gasteiger partial charge >= 0.3 is 5.97 Å². The quantitative estimate of drug-likeness (QED) is 0.426. The van der Waals surface area contributed by atoms with E-state index in [2.05, 4.69) is 10.4 Å². The highest BCUT2D eigenvalue weighted by atomic mass is 32.2. The summed E-state index contributed by atoms with van der Waals surface area (Å²) in [7, 11) is 0. The fraction of sp³-hybridized carbons (Fsp3) is 0.136. The standard InChI is InChI=1S/C22H16N2O2S2/c1-22(2,21(25)26)27-18-10-8-14-12-24-28-20(14)19(18)17-9-7-13(11-23)15-5-3-4-6-16(15)17/h3-10,12H,1-2H3,(H,25,26). The summed E-state index contributed by atoms with van der Waals surface area (Å²) in [5.41, 5.74) is 2.57. The summed E-state index contributed by atoms with van der Waals surface area (Å²) in [6.45, 7) is 3.41. The molecule has 3 aromatic carbocycles. The minimum Gasteiger partial charge on any atom is -0.480 e. The summed E-state index contributed by atoms with van der Waals surface area (Å²) in [5, 5.41) is 22.0. The Morgan fingerprint density at radius 1 is 1.14 bits per heavy atom. The molecule has 0 bridgehead atoms. The zero-order chi connectivity index (χ0) is 19.9. The Hall–Kier alpha value is -2.88. The van der Waals surface area contributed by atoms with E-state index >= 15 is 0 Å². The highest BCUT2D eigenvalue weighted by Crippen LogP contribution is 2.45. The first-order chi connectivity index (χ1) is 13.4. The molecule has 0 saturated carbocycles. The Morgan fingerprint density at radius 3 is 2.61 bits per heavy atom. The lowest BCUT2D eigenvalue weighted by atomic mass is 9.95. The number of aromatic nitrogens is 1. The highest BCUT2D eigenvalue weighted by molar-refractivity contribution is 8.01. The number of carboxylic acids is 1. The van der Waals surface area contributed by atoms with E-state index in [1.54, 1.807) is 13.8 Å². The third-order valence-electron chi connectivity index (χ3n) is 4.68. The van der Waals surface area contributed by atoms with Crippen molar-refractivity contribution in [1.29, 1.82) is 5.26 Å². The van der Waals surface area contributed by atoms with Crippen molar-refractivity contribution in [3.05, 3.63) is 60.3 Å². The van der Waals surface area contributed by atoms with Crippen molar-refractivity contribution in [3.63, 3.8) is 0 Å². The molecule has 4 aromatic rings. The van der Waals surface area contributed by atoms with Gasteiger partial charge in [0.1, 0.15) is 4.75 Å². The van der Waals surface area contributed by atoms with E-state index < -0.39 is 10.7 Å². The predicted octanol–water partition coefficient (Wildman–Crippen LogP) is 5.94. The summed E-state index contributed by atoms with van der Waals surface area (Å²) < 4.78 is 4.38. The van der Waals surface area contributed by atoms with Crippen LogP contribution in [0.1, 0.15) is 19.4 Å². The summed E-state index contributed by atoms with van der Waals surface area (Å²) in [5.74, 6) is -0.863. The molecule has 1 heterocycles. The van der Waals surface area contributed by atoms with E-state index in [0.717, 1.165) is 36.9 Å². The molecule has 0 spiro atoms. The Morgan fingerprint density at radius 2 is 1.89 bits per heavy atom. The maximum absolute atomic E-state index is 11.7. The number of hydrogen-bond donors (Lipinski definition) is 1. The number of hydrogen-bond acceptors (Lipinski definition) is 5. The fourth-order valence-corrected chi connectivity index (χ4v) is 5.15. The van der Waals surface area contributed by atoms with Crippen molar-refractivity contribution >= 4 is 50.1 Å². The highest BCUT2D eigenvalue weighted by Gasteiger charge is 2.30. The summed E-state index contributed by atoms with van der Waals surface area (Å²) in [6, 6.07) is 17.8. The zero-order valence-electron chi connectivity index (χ0n) is 15.3. The number of benzene rings is 3. The molecular formula is C22H16N2O2S2. The molecule has 0 radical (unpaired) electrons. The zero-order valence-corrected chi connectivity index (χ0v) is 16.9. The maximum Gasteiger partial charge on any atom is 0.319 e. The number of aliphatic carboxylic acids is 1. The van der Waals surface area contributed by atoms with Crippen LogP contribution in [0.15, 0.2) is 59.6 Å². The van der Waals surface area contributed by atoms with E-state index in [-0.39, 0.29) is 0 Å². The smallest absolute Gasteiger partial charge is 0.319 e. The van der Waals surface area contributed by atoms with E-state index in [9.17, 15) is 15.2 Å². The lowest BCUT2D eigenvalue weighted by Gasteiger charge is -2.21. The second-order valence-corrected chi connectivity index (χ2v) is 9.38. The van der Waals surface area contributed by atoms with Gasteiger partial charge in [-0.15, -0.1) is 11.8 Å². The van der Waals surface area contributed by atoms with Crippen LogP contribution in [0.4, 0.5) is 0 Å². The third kappa shape index (κ3) is 3.03. The molecule has 0 fully saturated rings. The largest absolute Gasteiger partial charge is 0.480 e. The van der Waals surface area contributed by atoms with Crippen LogP contribution in [0, 0.1) is 11.3 Å². The van der Waals surface area contributed by atoms with Crippen LogP contribution in [-0.2, 0) is 4.79 Å². The van der Waals surface area contributed by atoms with Crippen molar-refractivity contribution in [2.75, 3.05) is 0 Å². The van der Waals surface area contributed by atoms with Crippen LogP contribution in [0.3, 0.4) is 0 Å². The molecule has 0 aliphatic carbocycles. The maximum atomic E-state index is 11.7. The summed E-state index contributed by atoms with van der Waals surface area (Å²) in [6.07, 6.45) is 1.83. The molecule has 28 heavy (non-hydrogen) atoms. The number of carboxylic acid groups (broad SMARTS) is 1. The minimum absolute atomic E-state index is 0.621. The lowest BCUT2D eigenvalue weighted by molar-refractivity contribution is -0.138. The monoisotopic (exact) mass is 404 g/mol. The first-order valence-corrected chi connectivity index (χ1v) is 10.2. The van der Waals surface area contributed by atoms with Gasteiger partial charge in [-0.3, -0.25) is 4.79 Å². The molecular weight excluding hydrogens is 388 g/mol. The van der Waals surface area contributed by atoms with E-state index in [0.29, 0.717) is 5.56 Å². The van der Waals surface area contributed by atoms with Crippen LogP contribution in [0.5, 0.6) is 0 Å². The molecule has 4 rings (SSSR count). The number of thioether (sulfide) groups is 1. The van der Waals surface area contributed by atoms with Crippen LogP contribution < -0.4 is 0 Å². The molecule has 1 aromatic heterocycles. The third-order valence-corrected chi connectivity index (χ3v) is 6.76. The summed E-state index contributed by atoms with van der Waals surface area (Å²) >= 11 is 2.73. The van der Waals surface area contributed by atoms with Crippen molar-refractivity contribution in [3.8, 4) is 17.2 Å². The van der Waals surface area contributed by atoms with Crippen LogP contribution in [-0.4, -0.2) is 20.2 Å². The molecule has 0 aliphatic rings. The van der Waals surface area contributed by atoms with Gasteiger partial charge in [0, 0.05) is 27.4 Å². The van der Waals surface area contributed by atoms with Crippen LogP contribution in [0.2, 0.25) is 0 Å². The average Bonchev–Trinajstić information content (AvgIpc) is 3.15. The first-order valence-electron chi connectivity index (χ1n) is 8.64. The molecule has 0 saturated heterocycles. The molecule has 0 amide bonds. The van der Waals surface area contributed by atoms with Crippen molar-refractivity contribution in [1.82, 2.24) is 4.37 Å². The van der Waals surface area contributed by atoms with Gasteiger partial charge < -0.3 is 5.11 Å². The number of nitrogens with zero attached hydrogens (tertiary/aromatic N) is 2. The SMILES string of the molecule is CC(C)(Sc1ccc2cnsc2c1-c1ccc(C#N)c2ccccc12)C(=O)O. The summed E-state index contributed by atoms with van der Waals surface area (Å²) in [4.78, 5) is 12.6. The first kappa shape index (κ1) is 18.5. The fourth-order valence-electron chi connectivity index (χ4n) is 3.19. The van der Waals surface area contributed by atoms with Crippen LogP contribution in [0.25, 0.3) is 32.0 Å².